The summed E-state index contributed by atoms with van der Waals surface area (Å²) in [7, 11) is -12.8. The molecular formula is C59H72N10O17S4. The first kappa shape index (κ1) is 70.9. The lowest BCUT2D eigenvalue weighted by Crippen LogP contribution is -2.21. The summed E-state index contributed by atoms with van der Waals surface area (Å²) in [6, 6.07) is 26.1. The second-order valence-corrected chi connectivity index (χ2v) is 25.3. The second-order valence-electron chi connectivity index (χ2n) is 19.9. The van der Waals surface area contributed by atoms with Gasteiger partial charge in [-0.3, -0.25) is 13.7 Å². The van der Waals surface area contributed by atoms with Crippen LogP contribution >= 0.6 is 12.0 Å². The third-order valence-corrected chi connectivity index (χ3v) is 15.4. The zero-order valence-corrected chi connectivity index (χ0v) is 53.6. The Bertz CT molecular complexity index is 3910. The maximum atomic E-state index is 14.2. The van der Waals surface area contributed by atoms with Gasteiger partial charge in [-0.15, -0.1) is 10.2 Å². The molecule has 0 bridgehead atoms. The number of hydrogen-bond donors (Lipinski definition) is 6. The predicted octanol–water partition coefficient (Wildman–Crippen LogP) is 15.7. The first-order chi connectivity index (χ1) is 42.9. The van der Waals surface area contributed by atoms with Crippen molar-refractivity contribution in [3.63, 3.8) is 0 Å². The Morgan fingerprint density at radius 2 is 0.778 bits per heavy atom. The van der Waals surface area contributed by atoms with Crippen LogP contribution < -0.4 is 39.1 Å². The van der Waals surface area contributed by atoms with Crippen LogP contribution in [-0.4, -0.2) is 112 Å². The molecular weight excluding hydrogens is 1250 g/mol. The van der Waals surface area contributed by atoms with E-state index >= 15 is 0 Å². The van der Waals surface area contributed by atoms with Crippen LogP contribution in [0, 0.1) is 27.7 Å². The van der Waals surface area contributed by atoms with Gasteiger partial charge in [0, 0.05) is 42.2 Å². The van der Waals surface area contributed by atoms with Crippen LogP contribution in [0.25, 0.3) is 0 Å². The summed E-state index contributed by atoms with van der Waals surface area (Å²) in [5, 5.41) is 41.3. The third kappa shape index (κ3) is 24.7. The number of anilines is 2. The molecule has 90 heavy (non-hydrogen) atoms. The van der Waals surface area contributed by atoms with E-state index in [9.17, 15) is 39.2 Å². The molecule has 0 aromatic heterocycles. The maximum absolute atomic E-state index is 14.2. The van der Waals surface area contributed by atoms with E-state index in [0.717, 1.165) is 30.4 Å². The molecule has 0 radical (unpaired) electrons. The van der Waals surface area contributed by atoms with Crippen LogP contribution in [0.4, 0.5) is 61.7 Å². The summed E-state index contributed by atoms with van der Waals surface area (Å²) < 4.78 is 141. The van der Waals surface area contributed by atoms with Crippen molar-refractivity contribution in [2.24, 2.45) is 40.9 Å². The monoisotopic (exact) mass is 1320 g/mol. The summed E-state index contributed by atoms with van der Waals surface area (Å²) in [6.07, 6.45) is 1.98. The molecule has 6 aromatic carbocycles. The topological polar surface area (TPSA) is 379 Å². The largest absolute Gasteiger partial charge is 0.494 e. The number of unbranched alkanes of at least 4 members (excludes halogenated alkanes) is 2. The molecule has 27 nitrogen and oxygen atoms in total. The smallest absolute Gasteiger partial charge is 0.323 e. The fraction of sp³-hybridized carbons (Fsp3) is 0.373. The lowest BCUT2D eigenvalue weighted by molar-refractivity contribution is 0.261. The Balaban J connectivity index is 1.25. The van der Waals surface area contributed by atoms with E-state index in [2.05, 4.69) is 51.5 Å². The van der Waals surface area contributed by atoms with Crippen molar-refractivity contribution in [2.45, 2.75) is 80.1 Å². The minimum Gasteiger partial charge on any atom is -0.494 e. The summed E-state index contributed by atoms with van der Waals surface area (Å²) in [6.45, 7) is 11.3. The molecule has 0 atom stereocenters. The number of benzene rings is 6. The van der Waals surface area contributed by atoms with Crippen LogP contribution in [0.2, 0.25) is 0 Å². The number of ether oxygens (including phenoxy) is 6. The van der Waals surface area contributed by atoms with Crippen molar-refractivity contribution >= 4 is 105 Å². The summed E-state index contributed by atoms with van der Waals surface area (Å²) in [4.78, 5) is 14.2. The average Bonchev–Trinajstić information content (AvgIpc) is 1.06. The van der Waals surface area contributed by atoms with Gasteiger partial charge < -0.3 is 43.6 Å². The average molecular weight is 1320 g/mol. The molecule has 0 aliphatic heterocycles. The van der Waals surface area contributed by atoms with Crippen molar-refractivity contribution in [3.05, 3.63) is 119 Å². The van der Waals surface area contributed by atoms with Gasteiger partial charge in [-0.1, -0.05) is 12.1 Å². The second kappa shape index (κ2) is 34.7. The van der Waals surface area contributed by atoms with Gasteiger partial charge in [-0.25, -0.2) is 4.79 Å². The number of carbonyl (C=O) groups is 1. The zero-order chi connectivity index (χ0) is 65.3. The first-order valence-corrected chi connectivity index (χ1v) is 34.1. The van der Waals surface area contributed by atoms with Gasteiger partial charge >= 0.3 is 6.03 Å². The molecule has 6 N–H and O–H groups in total. The molecule has 6 rings (SSSR count). The van der Waals surface area contributed by atoms with Gasteiger partial charge in [0.25, 0.3) is 30.4 Å². The first-order valence-electron chi connectivity index (χ1n) is 28.3. The normalized spacial score (nSPS) is 12.1. The lowest BCUT2D eigenvalue weighted by Gasteiger charge is -2.18. The standard InChI is InChI=1S/C59H72N10O17S4/c1-7-81-57-35-51(55(85-23-15-27-89(75,76)77)37-53(57)68-66-49-31-39(3)47(29-41(49)5)64-62-43-17-13-19-45(33-43)83-21-9-11-25-87-71)60-59(70)61-52-36-58(82-8-2)54(38-56(52)86-24-16-28-90(78,79)80)69-67-50-32-40(4)48(30-42(50)6)65-63-44-18-14-20-46(34-44)84-22-10-12-26-88(72,73)74/h13-14,17-20,29-38,71H,7-12,15-16,21-28H2,1-6H3,(H2,60,61,70)(H,72,73,74)(H,75,76,77)(H,78,79,80). The lowest BCUT2D eigenvalue weighted by atomic mass is 10.1. The van der Waals surface area contributed by atoms with Gasteiger partial charge in [0.2, 0.25) is 0 Å². The van der Waals surface area contributed by atoms with E-state index in [1.807, 2.05) is 39.0 Å². The van der Waals surface area contributed by atoms with Crippen LogP contribution in [0.3, 0.4) is 0 Å². The molecule has 0 aliphatic rings. The molecule has 0 unspecified atom stereocenters. The molecule has 0 saturated carbocycles. The van der Waals surface area contributed by atoms with E-state index in [1.54, 1.807) is 75.4 Å². The van der Waals surface area contributed by atoms with Gasteiger partial charge in [0.1, 0.15) is 45.9 Å². The predicted molar refractivity (Wildman–Crippen MR) is 343 cm³/mol. The third-order valence-electron chi connectivity index (χ3n) is 12.5. The number of nitrogens with zero attached hydrogens (tertiary/aromatic N) is 8. The summed E-state index contributed by atoms with van der Waals surface area (Å²) in [5.41, 5.74) is 6.33. The van der Waals surface area contributed by atoms with E-state index < -0.39 is 47.9 Å². The number of rotatable bonds is 36. The molecule has 484 valence electrons. The van der Waals surface area contributed by atoms with Gasteiger partial charge in [0.05, 0.1) is 102 Å². The molecule has 2 amide bonds. The van der Waals surface area contributed by atoms with Crippen LogP contribution in [0.5, 0.6) is 34.5 Å². The minimum absolute atomic E-state index is 0.000478. The number of carbonyl (C=O) groups excluding carboxylic acids is 1. The Hall–Kier alpha value is -8.17. The highest BCUT2D eigenvalue weighted by molar-refractivity contribution is 7.93. The fourth-order valence-corrected chi connectivity index (χ4v) is 9.97. The Morgan fingerprint density at radius 3 is 1.16 bits per heavy atom. The number of azo groups is 4. The molecule has 31 heteroatoms. The molecule has 0 saturated heterocycles. The van der Waals surface area contributed by atoms with Crippen LogP contribution in [-0.2, 0) is 30.4 Å². The molecule has 0 fully saturated rings. The molecule has 0 aliphatic carbocycles. The van der Waals surface area contributed by atoms with Crippen LogP contribution in [0.15, 0.2) is 138 Å². The minimum atomic E-state index is -4.35. The van der Waals surface area contributed by atoms with E-state index in [4.69, 9.17) is 37.5 Å². The molecule has 6 aromatic rings. The van der Waals surface area contributed by atoms with Crippen LogP contribution in [0.1, 0.15) is 74.6 Å². The number of hydrogen-bond acceptors (Lipinski definition) is 23. The Morgan fingerprint density at radius 1 is 0.422 bits per heavy atom. The van der Waals surface area contributed by atoms with E-state index in [0.29, 0.717) is 81.1 Å². The van der Waals surface area contributed by atoms with Crippen molar-refractivity contribution < 1.29 is 76.7 Å². The number of urea groups is 1. The van der Waals surface area contributed by atoms with Crippen molar-refractivity contribution in [3.8, 4) is 34.5 Å². The zero-order valence-electron chi connectivity index (χ0n) is 50.4. The van der Waals surface area contributed by atoms with Gasteiger partial charge in [0.15, 0.2) is 0 Å². The highest BCUT2D eigenvalue weighted by atomic mass is 32.2. The Kier molecular flexibility index (Phi) is 27.3. The van der Waals surface area contributed by atoms with Gasteiger partial charge in [-0.05, 0) is 163 Å². The Labute approximate surface area is 527 Å². The number of nitrogens with one attached hydrogen (secondary N) is 2. The van der Waals surface area contributed by atoms with Crippen molar-refractivity contribution in [1.82, 2.24) is 0 Å². The summed E-state index contributed by atoms with van der Waals surface area (Å²) >= 11 is 0.804. The number of aryl methyl sites for hydroxylation is 4. The van der Waals surface area contributed by atoms with Crippen molar-refractivity contribution in [1.29, 1.82) is 0 Å². The number of amides is 2. The van der Waals surface area contributed by atoms with E-state index in [-0.39, 0.29) is 104 Å². The summed E-state index contributed by atoms with van der Waals surface area (Å²) in [5.74, 6) is 0.510. The SMILES string of the molecule is CCOc1cc(NC(=O)Nc2cc(OCC)c(N=Nc3cc(C)c(N=Nc4cccc(OCCCCS(=O)(=O)O)c4)cc3C)cc2OCCCS(=O)(=O)O)c(OCCCS(=O)(=O)O)cc1N=Nc1cc(C)c(N=Nc2cccc(OCCCCSO)c2)cc1C. The highest BCUT2D eigenvalue weighted by Crippen LogP contribution is 2.43. The fourth-order valence-electron chi connectivity index (χ4n) is 8.10. The van der Waals surface area contributed by atoms with E-state index in [1.165, 1.54) is 24.3 Å². The molecule has 0 spiro atoms. The quantitative estimate of drug-likeness (QED) is 0.00921. The maximum Gasteiger partial charge on any atom is 0.323 e. The molecule has 0 heterocycles. The van der Waals surface area contributed by atoms with Gasteiger partial charge in [-0.2, -0.15) is 55.9 Å². The highest BCUT2D eigenvalue weighted by Gasteiger charge is 2.20. The van der Waals surface area contributed by atoms with Crippen molar-refractivity contribution in [2.75, 3.05) is 73.3 Å².